The summed E-state index contributed by atoms with van der Waals surface area (Å²) < 4.78 is 121. The molecular formula is C73H53BBr2F9O6P. The first-order chi connectivity index (χ1) is 44.0. The zero-order valence-corrected chi connectivity index (χ0v) is 53.0. The van der Waals surface area contributed by atoms with E-state index in [0.29, 0.717) is 55.9 Å². The number of aromatic hydroxyl groups is 4. The van der Waals surface area contributed by atoms with Crippen LogP contribution in [0.1, 0.15) is 19.4 Å². The van der Waals surface area contributed by atoms with E-state index in [4.69, 9.17) is 10.0 Å². The Morgan fingerprint density at radius 2 is 0.696 bits per heavy atom. The molecule has 0 fully saturated rings. The van der Waals surface area contributed by atoms with Crippen LogP contribution in [0.15, 0.2) is 215 Å². The van der Waals surface area contributed by atoms with Crippen molar-refractivity contribution in [3.8, 4) is 67.5 Å². The van der Waals surface area contributed by atoms with Crippen molar-refractivity contribution in [3.63, 3.8) is 0 Å². The minimum Gasteiger partial charge on any atom is -0.507 e. The van der Waals surface area contributed by atoms with Gasteiger partial charge in [-0.1, -0.05) is 149 Å². The first kappa shape index (κ1) is 67.5. The molecule has 0 saturated heterocycles. The summed E-state index contributed by atoms with van der Waals surface area (Å²) in [7, 11) is -2.07. The van der Waals surface area contributed by atoms with Crippen molar-refractivity contribution >= 4 is 101 Å². The fourth-order valence-corrected chi connectivity index (χ4v) is 13.5. The molecule has 0 radical (unpaired) electrons. The molecule has 12 aromatic carbocycles. The van der Waals surface area contributed by atoms with Gasteiger partial charge in [-0.25, -0.2) is 39.5 Å². The van der Waals surface area contributed by atoms with E-state index in [1.165, 1.54) is 30.0 Å². The van der Waals surface area contributed by atoms with Gasteiger partial charge in [0, 0.05) is 31.2 Å². The monoisotopic (exact) mass is 1400 g/mol. The van der Waals surface area contributed by atoms with E-state index in [2.05, 4.69) is 101 Å². The molecule has 0 saturated carbocycles. The Balaban J connectivity index is 0.000000162. The summed E-state index contributed by atoms with van der Waals surface area (Å²) in [6, 6.07) is 47.7. The first-order valence-corrected chi connectivity index (χ1v) is 31.5. The quantitative estimate of drug-likeness (QED) is 0.0267. The number of phenols is 4. The van der Waals surface area contributed by atoms with Crippen molar-refractivity contribution in [2.45, 2.75) is 20.8 Å². The van der Waals surface area contributed by atoms with Gasteiger partial charge >= 0.3 is 7.12 Å². The van der Waals surface area contributed by atoms with Crippen molar-refractivity contribution in [3.05, 3.63) is 273 Å². The lowest BCUT2D eigenvalue weighted by Gasteiger charge is -2.16. The number of fused-ring (bicyclic) bond motifs is 4. The van der Waals surface area contributed by atoms with Crippen LogP contribution in [0.5, 0.6) is 23.0 Å². The normalized spacial score (nSPS) is 11.3. The zero-order chi connectivity index (χ0) is 66.2. The van der Waals surface area contributed by atoms with Gasteiger partial charge in [0.2, 0.25) is 0 Å². The molecule has 0 heterocycles. The molecule has 92 heavy (non-hydrogen) atoms. The Labute approximate surface area is 541 Å². The average molecular weight is 1400 g/mol. The highest BCUT2D eigenvalue weighted by Crippen LogP contribution is 2.48. The van der Waals surface area contributed by atoms with Crippen molar-refractivity contribution in [2.24, 2.45) is 0 Å². The van der Waals surface area contributed by atoms with E-state index < -0.39 is 64.9 Å². The lowest BCUT2D eigenvalue weighted by molar-refractivity contribution is 0.421. The van der Waals surface area contributed by atoms with E-state index >= 15 is 0 Å². The van der Waals surface area contributed by atoms with Crippen molar-refractivity contribution in [1.29, 1.82) is 0 Å². The number of aryl methyl sites for hydroxylation is 1. The van der Waals surface area contributed by atoms with E-state index in [1.54, 1.807) is 66.0 Å². The van der Waals surface area contributed by atoms with Crippen LogP contribution >= 0.6 is 39.8 Å². The highest BCUT2D eigenvalue weighted by molar-refractivity contribution is 9.10. The van der Waals surface area contributed by atoms with Gasteiger partial charge in [0.1, 0.15) is 23.0 Å². The highest BCUT2D eigenvalue weighted by atomic mass is 79.9. The second kappa shape index (κ2) is 29.6. The lowest BCUT2D eigenvalue weighted by Crippen LogP contribution is -2.30. The van der Waals surface area contributed by atoms with Crippen LogP contribution in [-0.2, 0) is 0 Å². The lowest BCUT2D eigenvalue weighted by atomic mass is 9.80. The van der Waals surface area contributed by atoms with E-state index in [0.717, 1.165) is 54.8 Å². The van der Waals surface area contributed by atoms with Crippen molar-refractivity contribution < 1.29 is 70.0 Å². The van der Waals surface area contributed by atoms with Crippen LogP contribution in [0.2, 0.25) is 0 Å². The minimum absolute atomic E-state index is 0.0620. The molecule has 6 N–H and O–H groups in total. The Kier molecular flexibility index (Phi) is 21.7. The Bertz CT molecular complexity index is 4520. The van der Waals surface area contributed by atoms with Crippen LogP contribution in [0.25, 0.3) is 87.6 Å². The van der Waals surface area contributed by atoms with E-state index in [9.17, 15) is 59.9 Å². The molecule has 12 aromatic rings. The molecule has 6 nitrogen and oxygen atoms in total. The SMILES string of the molecule is C/C=C\CP(C/C=C\C)c1ccccc1C.OB(O)c1cc(F)c(F)c(F)c1.Oc1ccc2cc(-c3cc(F)c(F)c(F)c3)ccc2c1-c1c(O)ccc2cc(-c3cc(F)c(F)c(F)c3)ccc12.Oc1ccc2cc(Br)ccc2c1-c1c(O)ccc2cc(Br)ccc12. The number of phenolic OH excluding ortho intramolecular Hbond substituents is 4. The molecule has 0 aliphatic heterocycles. The first-order valence-electron chi connectivity index (χ1n) is 28.2. The third-order valence-electron chi connectivity index (χ3n) is 14.9. The number of benzene rings is 12. The number of halogens is 11. The molecule has 0 aromatic heterocycles. The summed E-state index contributed by atoms with van der Waals surface area (Å²) in [5.41, 5.74) is 3.86. The zero-order valence-electron chi connectivity index (χ0n) is 48.9. The third kappa shape index (κ3) is 15.0. The maximum Gasteiger partial charge on any atom is 0.488 e. The van der Waals surface area contributed by atoms with Gasteiger partial charge in [-0.05, 0) is 212 Å². The Morgan fingerprint density at radius 1 is 0.380 bits per heavy atom. The molecule has 19 heteroatoms. The Morgan fingerprint density at radius 3 is 1.02 bits per heavy atom. The van der Waals surface area contributed by atoms with Gasteiger partial charge in [0.05, 0.1) is 0 Å². The van der Waals surface area contributed by atoms with Crippen LogP contribution in [-0.4, -0.2) is 49.9 Å². The molecule has 0 spiro atoms. The number of allylic oxidation sites excluding steroid dienone is 4. The predicted octanol–water partition coefficient (Wildman–Crippen LogP) is 19.9. The second-order valence-electron chi connectivity index (χ2n) is 21.0. The average Bonchev–Trinajstić information content (AvgIpc) is 0.771. The Hall–Kier alpha value is -8.90. The molecule has 0 aliphatic rings. The minimum atomic E-state index is -2.00. The van der Waals surface area contributed by atoms with Crippen molar-refractivity contribution in [1.82, 2.24) is 0 Å². The largest absolute Gasteiger partial charge is 0.507 e. The summed E-state index contributed by atoms with van der Waals surface area (Å²) >= 11 is 6.95. The summed E-state index contributed by atoms with van der Waals surface area (Å²) in [6.45, 7) is 6.41. The fraction of sp³-hybridized carbons (Fsp3) is 0.0685. The summed E-state index contributed by atoms with van der Waals surface area (Å²) in [5.74, 6) is -13.0. The van der Waals surface area contributed by atoms with Crippen LogP contribution in [0, 0.1) is 59.3 Å². The number of hydrogen-bond donors (Lipinski definition) is 6. The molecule has 466 valence electrons. The molecular weight excluding hydrogens is 1350 g/mol. The second-order valence-corrected chi connectivity index (χ2v) is 25.1. The molecule has 0 unspecified atom stereocenters. The molecule has 0 atom stereocenters. The van der Waals surface area contributed by atoms with Crippen LogP contribution in [0.4, 0.5) is 39.5 Å². The molecule has 0 amide bonds. The van der Waals surface area contributed by atoms with Crippen LogP contribution < -0.4 is 10.8 Å². The summed E-state index contributed by atoms with van der Waals surface area (Å²) in [5, 5.41) is 67.2. The highest BCUT2D eigenvalue weighted by Gasteiger charge is 2.22. The van der Waals surface area contributed by atoms with Gasteiger partial charge in [0.15, 0.2) is 52.4 Å². The van der Waals surface area contributed by atoms with Crippen LogP contribution in [0.3, 0.4) is 0 Å². The van der Waals surface area contributed by atoms with E-state index in [-0.39, 0.29) is 53.2 Å². The fourth-order valence-electron chi connectivity index (χ4n) is 10.4. The maximum absolute atomic E-state index is 13.8. The standard InChI is InChI=1S/C32H16F6O2.C20H12Br2O2.C15H21P.C6H4BF3O2/c33-23-11-19(12-24(34)31(23)37)15-1-5-21-17(9-15)3-7-27(39)29(21)30-22-6-2-16(10-18(22)4-8-28(30)40)20-13-25(35)32(38)26(36)14-20;21-13-3-5-15-11(9-13)1-7-17(23)19(15)20-16-6-4-14(22)10-12(16)2-8-18(20)24;1-4-6-12-16(13-7-5-2)15-11-9-8-10-14(15)3;8-4-1-3(7(11)12)2-5(9)6(4)10/h1-14,39-40H;1-10,23-24H;4-11H,12-13H2,1-3H3;1-2,11-12H/b;;6-4-,7-5-;. The van der Waals surface area contributed by atoms with Gasteiger partial charge in [-0.3, -0.25) is 0 Å². The topological polar surface area (TPSA) is 121 Å². The summed E-state index contributed by atoms with van der Waals surface area (Å²) in [6.07, 6.45) is 11.3. The third-order valence-corrected chi connectivity index (χ3v) is 18.4. The molecule has 12 rings (SSSR count). The molecule has 0 aliphatic carbocycles. The maximum atomic E-state index is 13.8. The van der Waals surface area contributed by atoms with E-state index in [1.807, 2.05) is 48.5 Å². The number of rotatable bonds is 10. The van der Waals surface area contributed by atoms with Gasteiger partial charge in [-0.15, -0.1) is 0 Å². The molecule has 0 bridgehead atoms. The smallest absolute Gasteiger partial charge is 0.488 e. The predicted molar refractivity (Wildman–Crippen MR) is 360 cm³/mol. The van der Waals surface area contributed by atoms with Gasteiger partial charge in [-0.2, -0.15) is 0 Å². The van der Waals surface area contributed by atoms with Gasteiger partial charge in [0.25, 0.3) is 0 Å². The summed E-state index contributed by atoms with van der Waals surface area (Å²) in [4.78, 5) is 0. The number of hydrogen-bond acceptors (Lipinski definition) is 6. The van der Waals surface area contributed by atoms with Gasteiger partial charge < -0.3 is 30.5 Å². The van der Waals surface area contributed by atoms with Crippen molar-refractivity contribution in [2.75, 3.05) is 12.3 Å².